The first-order valence-electron chi connectivity index (χ1n) is 8.43. The molecule has 0 radical (unpaired) electrons. The zero-order valence-electron chi connectivity index (χ0n) is 14.4. The van der Waals surface area contributed by atoms with E-state index in [0.717, 1.165) is 17.7 Å². The molecule has 0 amide bonds. The van der Waals surface area contributed by atoms with Gasteiger partial charge in [0.2, 0.25) is 0 Å². The van der Waals surface area contributed by atoms with Crippen molar-refractivity contribution in [3.63, 3.8) is 0 Å². The van der Waals surface area contributed by atoms with Gasteiger partial charge in [-0.25, -0.2) is 4.79 Å². The molecule has 126 valence electrons. The van der Waals surface area contributed by atoms with E-state index in [9.17, 15) is 4.79 Å². The SMILES string of the molecule is COC(=O)c1ccc2c(c1)OCC2(C)Cc1cccc2ccccc12. The third-order valence-corrected chi connectivity index (χ3v) is 5.06. The number of hydrogen-bond acceptors (Lipinski definition) is 3. The molecule has 3 heteroatoms. The minimum Gasteiger partial charge on any atom is -0.492 e. The highest BCUT2D eigenvalue weighted by Crippen LogP contribution is 2.42. The van der Waals surface area contributed by atoms with Crippen molar-refractivity contribution >= 4 is 16.7 Å². The van der Waals surface area contributed by atoms with E-state index >= 15 is 0 Å². The van der Waals surface area contributed by atoms with Crippen LogP contribution in [0.2, 0.25) is 0 Å². The third-order valence-electron chi connectivity index (χ3n) is 5.06. The van der Waals surface area contributed by atoms with Gasteiger partial charge in [-0.1, -0.05) is 55.5 Å². The highest BCUT2D eigenvalue weighted by molar-refractivity contribution is 5.90. The molecule has 0 saturated carbocycles. The Balaban J connectivity index is 1.72. The summed E-state index contributed by atoms with van der Waals surface area (Å²) in [5.41, 5.74) is 2.87. The molecule has 0 spiro atoms. The second-order valence-electron chi connectivity index (χ2n) is 6.87. The summed E-state index contributed by atoms with van der Waals surface area (Å²) in [7, 11) is 1.39. The first-order chi connectivity index (χ1) is 12.1. The largest absolute Gasteiger partial charge is 0.492 e. The molecule has 3 aromatic rings. The van der Waals surface area contributed by atoms with Gasteiger partial charge in [-0.15, -0.1) is 0 Å². The summed E-state index contributed by atoms with van der Waals surface area (Å²) in [6, 6.07) is 20.5. The smallest absolute Gasteiger partial charge is 0.337 e. The lowest BCUT2D eigenvalue weighted by Gasteiger charge is -2.23. The van der Waals surface area contributed by atoms with Gasteiger partial charge in [0.05, 0.1) is 19.3 Å². The molecule has 4 rings (SSSR count). The maximum atomic E-state index is 11.7. The summed E-state index contributed by atoms with van der Waals surface area (Å²) in [5.74, 6) is 0.444. The molecule has 1 atom stereocenters. The lowest BCUT2D eigenvalue weighted by molar-refractivity contribution is 0.0600. The Hall–Kier alpha value is -2.81. The lowest BCUT2D eigenvalue weighted by Crippen LogP contribution is -2.26. The normalized spacial score (nSPS) is 18.6. The van der Waals surface area contributed by atoms with Crippen LogP contribution in [0.5, 0.6) is 5.75 Å². The lowest BCUT2D eigenvalue weighted by atomic mass is 9.78. The third kappa shape index (κ3) is 2.66. The molecule has 1 heterocycles. The molecule has 25 heavy (non-hydrogen) atoms. The molecular weight excluding hydrogens is 312 g/mol. The maximum Gasteiger partial charge on any atom is 0.337 e. The predicted octanol–water partition coefficient (Wildman–Crippen LogP) is 4.52. The quantitative estimate of drug-likeness (QED) is 0.662. The van der Waals surface area contributed by atoms with Crippen molar-refractivity contribution < 1.29 is 14.3 Å². The Morgan fingerprint density at radius 3 is 2.76 bits per heavy atom. The second-order valence-corrected chi connectivity index (χ2v) is 6.87. The van der Waals surface area contributed by atoms with E-state index in [1.807, 2.05) is 12.1 Å². The van der Waals surface area contributed by atoms with Gasteiger partial charge in [0.1, 0.15) is 5.75 Å². The molecule has 0 aromatic heterocycles. The standard InChI is InChI=1S/C22H20O3/c1-22(13-17-8-5-7-15-6-3-4-9-18(15)17)14-25-20-12-16(21(23)24-2)10-11-19(20)22/h3-12H,13-14H2,1-2H3. The van der Waals surface area contributed by atoms with Crippen molar-refractivity contribution in [1.29, 1.82) is 0 Å². The van der Waals surface area contributed by atoms with Gasteiger partial charge in [-0.3, -0.25) is 0 Å². The van der Waals surface area contributed by atoms with E-state index in [2.05, 4.69) is 49.4 Å². The Morgan fingerprint density at radius 2 is 1.92 bits per heavy atom. The van der Waals surface area contributed by atoms with Gasteiger partial charge in [0.15, 0.2) is 0 Å². The van der Waals surface area contributed by atoms with E-state index in [0.29, 0.717) is 12.2 Å². The summed E-state index contributed by atoms with van der Waals surface area (Å²) in [6.07, 6.45) is 0.888. The predicted molar refractivity (Wildman–Crippen MR) is 98.3 cm³/mol. The molecule has 1 unspecified atom stereocenters. The second kappa shape index (κ2) is 5.92. The van der Waals surface area contributed by atoms with Gasteiger partial charge in [0, 0.05) is 11.0 Å². The van der Waals surface area contributed by atoms with Crippen LogP contribution in [-0.4, -0.2) is 19.7 Å². The van der Waals surface area contributed by atoms with Crippen molar-refractivity contribution in [3.8, 4) is 5.75 Å². The first-order valence-corrected chi connectivity index (χ1v) is 8.43. The molecule has 3 aromatic carbocycles. The van der Waals surface area contributed by atoms with E-state index in [-0.39, 0.29) is 11.4 Å². The number of methoxy groups -OCH3 is 1. The molecule has 0 saturated heterocycles. The fourth-order valence-corrected chi connectivity index (χ4v) is 3.71. The van der Waals surface area contributed by atoms with Crippen LogP contribution in [0.25, 0.3) is 10.8 Å². The molecule has 0 bridgehead atoms. The minimum atomic E-state index is -0.339. The molecule has 0 N–H and O–H groups in total. The highest BCUT2D eigenvalue weighted by Gasteiger charge is 2.37. The van der Waals surface area contributed by atoms with Crippen LogP contribution in [0, 0.1) is 0 Å². The Kier molecular flexibility index (Phi) is 3.72. The number of esters is 1. The van der Waals surface area contributed by atoms with E-state index in [1.165, 1.54) is 23.4 Å². The number of benzene rings is 3. The summed E-state index contributed by atoms with van der Waals surface area (Å²) in [4.78, 5) is 11.7. The summed E-state index contributed by atoms with van der Waals surface area (Å²) < 4.78 is 10.7. The number of ether oxygens (including phenoxy) is 2. The molecule has 3 nitrogen and oxygen atoms in total. The molecule has 1 aliphatic rings. The van der Waals surface area contributed by atoms with Crippen molar-refractivity contribution in [1.82, 2.24) is 0 Å². The average Bonchev–Trinajstić information content (AvgIpc) is 2.97. The van der Waals surface area contributed by atoms with Crippen molar-refractivity contribution in [3.05, 3.63) is 77.4 Å². The van der Waals surface area contributed by atoms with Crippen LogP contribution in [0.4, 0.5) is 0 Å². The van der Waals surface area contributed by atoms with Crippen LogP contribution in [0.3, 0.4) is 0 Å². The Morgan fingerprint density at radius 1 is 1.12 bits per heavy atom. The number of hydrogen-bond donors (Lipinski definition) is 0. The summed E-state index contributed by atoms with van der Waals surface area (Å²) in [6.45, 7) is 2.83. The molecule has 0 aliphatic carbocycles. The molecular formula is C22H20O3. The van der Waals surface area contributed by atoms with Gasteiger partial charge in [-0.05, 0) is 34.9 Å². The van der Waals surface area contributed by atoms with Crippen LogP contribution in [-0.2, 0) is 16.6 Å². The molecule has 1 aliphatic heterocycles. The number of carbonyl (C=O) groups is 1. The maximum absolute atomic E-state index is 11.7. The topological polar surface area (TPSA) is 35.5 Å². The van der Waals surface area contributed by atoms with Gasteiger partial charge in [0.25, 0.3) is 0 Å². The number of fused-ring (bicyclic) bond motifs is 2. The van der Waals surface area contributed by atoms with Gasteiger partial charge in [-0.2, -0.15) is 0 Å². The van der Waals surface area contributed by atoms with E-state index in [1.54, 1.807) is 6.07 Å². The Bertz CT molecular complexity index is 955. The summed E-state index contributed by atoms with van der Waals surface area (Å²) >= 11 is 0. The van der Waals surface area contributed by atoms with Crippen LogP contribution < -0.4 is 4.74 Å². The van der Waals surface area contributed by atoms with Crippen molar-refractivity contribution in [2.75, 3.05) is 13.7 Å². The number of carbonyl (C=O) groups excluding carboxylic acids is 1. The first kappa shape index (κ1) is 15.7. The van der Waals surface area contributed by atoms with E-state index < -0.39 is 0 Å². The molecule has 0 fully saturated rings. The van der Waals surface area contributed by atoms with Crippen LogP contribution in [0.1, 0.15) is 28.4 Å². The Labute approximate surface area is 147 Å². The highest BCUT2D eigenvalue weighted by atomic mass is 16.5. The van der Waals surface area contributed by atoms with Gasteiger partial charge < -0.3 is 9.47 Å². The zero-order chi connectivity index (χ0) is 17.4. The summed E-state index contributed by atoms with van der Waals surface area (Å²) in [5, 5.41) is 2.54. The average molecular weight is 332 g/mol. The van der Waals surface area contributed by atoms with Crippen LogP contribution >= 0.6 is 0 Å². The number of rotatable bonds is 3. The van der Waals surface area contributed by atoms with Crippen molar-refractivity contribution in [2.24, 2.45) is 0 Å². The minimum absolute atomic E-state index is 0.117. The van der Waals surface area contributed by atoms with Crippen molar-refractivity contribution in [2.45, 2.75) is 18.8 Å². The van der Waals surface area contributed by atoms with E-state index in [4.69, 9.17) is 9.47 Å². The fourth-order valence-electron chi connectivity index (χ4n) is 3.71. The fraction of sp³-hybridized carbons (Fsp3) is 0.227. The van der Waals surface area contributed by atoms with Crippen LogP contribution in [0.15, 0.2) is 60.7 Å². The monoisotopic (exact) mass is 332 g/mol. The zero-order valence-corrected chi connectivity index (χ0v) is 14.4. The van der Waals surface area contributed by atoms with Gasteiger partial charge >= 0.3 is 5.97 Å².